The molecule has 3 aromatic carbocycles. The molecule has 0 amide bonds. The van der Waals surface area contributed by atoms with E-state index in [2.05, 4.69) is 4.98 Å². The van der Waals surface area contributed by atoms with Crippen LogP contribution in [0, 0.1) is 0 Å². The van der Waals surface area contributed by atoms with Gasteiger partial charge in [0.2, 0.25) is 0 Å². The smallest absolute Gasteiger partial charge is 0.306 e. The highest BCUT2D eigenvalue weighted by Crippen LogP contribution is 2.36. The van der Waals surface area contributed by atoms with Gasteiger partial charge in [-0.2, -0.15) is 13.2 Å². The molecule has 0 fully saturated rings. The molecule has 1 aromatic heterocycles. The number of benzene rings is 3. The average molecular weight is 477 g/mol. The first-order valence-electron chi connectivity index (χ1n) is 9.41. The van der Waals surface area contributed by atoms with Crippen LogP contribution in [0.1, 0.15) is 11.3 Å². The Kier molecular flexibility index (Phi) is 6.19. The maximum absolute atomic E-state index is 13.5. The van der Waals surface area contributed by atoms with E-state index in [1.807, 2.05) is 30.3 Å². The number of nitrogens with zero attached hydrogens (tertiary/aromatic N) is 2. The summed E-state index contributed by atoms with van der Waals surface area (Å²) in [5, 5.41) is 0.237. The third-order valence-corrected chi connectivity index (χ3v) is 5.72. The van der Waals surface area contributed by atoms with Crippen molar-refractivity contribution in [2.24, 2.45) is 0 Å². The molecule has 4 rings (SSSR count). The van der Waals surface area contributed by atoms with Gasteiger partial charge in [-0.1, -0.05) is 60.1 Å². The van der Waals surface area contributed by atoms with Crippen molar-refractivity contribution in [1.29, 1.82) is 0 Å². The topological polar surface area (TPSA) is 55.1 Å². The Labute approximate surface area is 189 Å². The summed E-state index contributed by atoms with van der Waals surface area (Å²) in [6.45, 7) is 0. The zero-order chi connectivity index (χ0) is 22.9. The number of alkyl halides is 3. The van der Waals surface area contributed by atoms with Crippen LogP contribution in [0.25, 0.3) is 28.2 Å². The molecular formula is C23H16ClF3N2O2S. The molecule has 1 atom stereocenters. The lowest BCUT2D eigenvalue weighted by Crippen LogP contribution is -2.05. The van der Waals surface area contributed by atoms with E-state index in [0.717, 1.165) is 17.3 Å². The van der Waals surface area contributed by atoms with Gasteiger partial charge in [-0.05, 0) is 41.0 Å². The van der Waals surface area contributed by atoms with Gasteiger partial charge >= 0.3 is 6.18 Å². The van der Waals surface area contributed by atoms with Gasteiger partial charge in [0.25, 0.3) is 0 Å². The van der Waals surface area contributed by atoms with E-state index in [-0.39, 0.29) is 16.6 Å². The Bertz CT molecular complexity index is 1290. The van der Waals surface area contributed by atoms with Crippen LogP contribution in [0.3, 0.4) is 0 Å². The van der Waals surface area contributed by atoms with Crippen LogP contribution < -0.4 is 0 Å². The molecule has 0 aliphatic carbocycles. The van der Waals surface area contributed by atoms with Crippen molar-refractivity contribution >= 4 is 22.7 Å². The Morgan fingerprint density at radius 3 is 2.31 bits per heavy atom. The summed E-state index contributed by atoms with van der Waals surface area (Å²) in [5.41, 5.74) is 1.57. The number of hydrogen-bond donors (Lipinski definition) is 1. The molecule has 0 saturated heterocycles. The van der Waals surface area contributed by atoms with Crippen molar-refractivity contribution in [2.75, 3.05) is 0 Å². The number of imidazole rings is 1. The SMILES string of the molecule is O=S(O)Cc1cc(-c2ccccc2)ccc1-n1cc(C(F)(F)F)nc1-c1ccccc1Cl. The highest BCUT2D eigenvalue weighted by Gasteiger charge is 2.35. The number of aromatic nitrogens is 2. The molecular weight excluding hydrogens is 461 g/mol. The molecule has 32 heavy (non-hydrogen) atoms. The Balaban J connectivity index is 1.95. The summed E-state index contributed by atoms with van der Waals surface area (Å²) >= 11 is 4.03. The summed E-state index contributed by atoms with van der Waals surface area (Å²) in [6.07, 6.45) is -3.80. The lowest BCUT2D eigenvalue weighted by molar-refractivity contribution is -0.140. The molecule has 0 aliphatic rings. The third-order valence-electron chi connectivity index (χ3n) is 4.84. The van der Waals surface area contributed by atoms with E-state index in [1.165, 1.54) is 4.57 Å². The minimum atomic E-state index is -4.68. The second kappa shape index (κ2) is 8.90. The number of hydrogen-bond acceptors (Lipinski definition) is 2. The third kappa shape index (κ3) is 4.62. The van der Waals surface area contributed by atoms with Gasteiger partial charge < -0.3 is 4.55 Å². The van der Waals surface area contributed by atoms with Crippen LogP contribution >= 0.6 is 11.6 Å². The van der Waals surface area contributed by atoms with Gasteiger partial charge in [-0.15, -0.1) is 0 Å². The van der Waals surface area contributed by atoms with Crippen LogP contribution in [-0.2, 0) is 23.0 Å². The van der Waals surface area contributed by atoms with Crippen molar-refractivity contribution in [1.82, 2.24) is 9.55 Å². The van der Waals surface area contributed by atoms with Gasteiger partial charge in [-0.25, -0.2) is 9.19 Å². The molecule has 4 nitrogen and oxygen atoms in total. The van der Waals surface area contributed by atoms with Crippen molar-refractivity contribution in [2.45, 2.75) is 11.9 Å². The molecule has 4 aromatic rings. The van der Waals surface area contributed by atoms with E-state index < -0.39 is 23.0 Å². The first-order valence-corrected chi connectivity index (χ1v) is 11.1. The van der Waals surface area contributed by atoms with Gasteiger partial charge in [-0.3, -0.25) is 4.57 Å². The van der Waals surface area contributed by atoms with Crippen LogP contribution in [0.4, 0.5) is 13.2 Å². The Morgan fingerprint density at radius 1 is 0.969 bits per heavy atom. The predicted molar refractivity (Wildman–Crippen MR) is 119 cm³/mol. The quantitative estimate of drug-likeness (QED) is 0.330. The summed E-state index contributed by atoms with van der Waals surface area (Å²) in [4.78, 5) is 3.80. The highest BCUT2D eigenvalue weighted by molar-refractivity contribution is 7.78. The van der Waals surface area contributed by atoms with Crippen molar-refractivity contribution < 1.29 is 21.9 Å². The number of rotatable bonds is 5. The van der Waals surface area contributed by atoms with Crippen molar-refractivity contribution in [3.63, 3.8) is 0 Å². The summed E-state index contributed by atoms with van der Waals surface area (Å²) < 4.78 is 63.0. The van der Waals surface area contributed by atoms with Crippen molar-refractivity contribution in [3.8, 4) is 28.2 Å². The largest absolute Gasteiger partial charge is 0.434 e. The van der Waals surface area contributed by atoms with Crippen molar-refractivity contribution in [3.05, 3.63) is 95.3 Å². The standard InChI is InChI=1S/C23H16ClF3N2O2S/c24-19-9-5-4-8-18(19)22-28-21(23(25,26)27)13-29(22)20-11-10-16(12-17(20)14-32(30)31)15-6-2-1-3-7-15/h1-13H,14H2,(H,30,31). The van der Waals surface area contributed by atoms with Crippen LogP contribution in [0.2, 0.25) is 5.02 Å². The monoisotopic (exact) mass is 476 g/mol. The van der Waals surface area contributed by atoms with E-state index in [9.17, 15) is 21.9 Å². The zero-order valence-corrected chi connectivity index (χ0v) is 18.0. The molecule has 164 valence electrons. The fourth-order valence-corrected chi connectivity index (χ4v) is 4.13. The predicted octanol–water partition coefficient (Wildman–Crippen LogP) is 6.60. The van der Waals surface area contributed by atoms with E-state index in [0.29, 0.717) is 16.8 Å². The molecule has 0 radical (unpaired) electrons. The summed E-state index contributed by atoms with van der Waals surface area (Å²) in [7, 11) is 0. The highest BCUT2D eigenvalue weighted by atomic mass is 35.5. The minimum Gasteiger partial charge on any atom is -0.306 e. The summed E-state index contributed by atoms with van der Waals surface area (Å²) in [6, 6.07) is 20.8. The molecule has 0 spiro atoms. The first kappa shape index (κ1) is 22.3. The molecule has 9 heteroatoms. The first-order chi connectivity index (χ1) is 15.2. The molecule has 1 unspecified atom stereocenters. The van der Waals surface area contributed by atoms with E-state index >= 15 is 0 Å². The second-order valence-electron chi connectivity index (χ2n) is 6.97. The Hall–Kier alpha value is -2.94. The lowest BCUT2D eigenvalue weighted by atomic mass is 10.0. The number of halogens is 4. The Morgan fingerprint density at radius 2 is 1.66 bits per heavy atom. The lowest BCUT2D eigenvalue weighted by Gasteiger charge is -2.15. The van der Waals surface area contributed by atoms with Gasteiger partial charge in [0.1, 0.15) is 5.82 Å². The molecule has 0 saturated carbocycles. The molecule has 0 aliphatic heterocycles. The molecule has 1 heterocycles. The maximum atomic E-state index is 13.5. The average Bonchev–Trinajstić information content (AvgIpc) is 3.20. The van der Waals surface area contributed by atoms with Gasteiger partial charge in [0.15, 0.2) is 16.8 Å². The van der Waals surface area contributed by atoms with Crippen LogP contribution in [-0.4, -0.2) is 18.3 Å². The molecule has 1 N–H and O–H groups in total. The fourth-order valence-electron chi connectivity index (χ4n) is 3.41. The van der Waals surface area contributed by atoms with E-state index in [4.69, 9.17) is 11.6 Å². The van der Waals surface area contributed by atoms with Gasteiger partial charge in [0.05, 0.1) is 16.5 Å². The zero-order valence-electron chi connectivity index (χ0n) is 16.4. The molecule has 0 bridgehead atoms. The summed E-state index contributed by atoms with van der Waals surface area (Å²) in [5.74, 6) is -0.280. The van der Waals surface area contributed by atoms with Crippen LogP contribution in [0.5, 0.6) is 0 Å². The van der Waals surface area contributed by atoms with E-state index in [1.54, 1.807) is 42.5 Å². The fraction of sp³-hybridized carbons (Fsp3) is 0.0870. The second-order valence-corrected chi connectivity index (χ2v) is 8.31. The minimum absolute atomic E-state index is 0.0136. The maximum Gasteiger partial charge on any atom is 0.434 e. The normalized spacial score (nSPS) is 12.7. The van der Waals surface area contributed by atoms with Gasteiger partial charge in [0, 0.05) is 11.8 Å². The van der Waals surface area contributed by atoms with Crippen LogP contribution in [0.15, 0.2) is 79.0 Å².